The number of rotatable bonds is 6. The molecule has 4 heteroatoms. The van der Waals surface area contributed by atoms with Crippen molar-refractivity contribution in [3.8, 4) is 11.3 Å². The molecule has 1 heterocycles. The van der Waals surface area contributed by atoms with E-state index in [9.17, 15) is 8.78 Å². The zero-order valence-corrected chi connectivity index (χ0v) is 11.7. The summed E-state index contributed by atoms with van der Waals surface area (Å²) in [5, 5.41) is 3.36. The van der Waals surface area contributed by atoms with E-state index < -0.39 is 11.6 Å². The van der Waals surface area contributed by atoms with E-state index in [1.807, 2.05) is 6.07 Å². The molecule has 0 fully saturated rings. The summed E-state index contributed by atoms with van der Waals surface area (Å²) >= 11 is 0. The maximum Gasteiger partial charge on any atom is 0.169 e. The third-order valence-corrected chi connectivity index (χ3v) is 3.24. The zero-order chi connectivity index (χ0) is 14.5. The highest BCUT2D eigenvalue weighted by atomic mass is 19.2. The van der Waals surface area contributed by atoms with E-state index in [4.69, 9.17) is 4.42 Å². The van der Waals surface area contributed by atoms with Crippen molar-refractivity contribution in [1.29, 1.82) is 0 Å². The van der Waals surface area contributed by atoms with Crippen molar-refractivity contribution in [2.45, 2.75) is 32.7 Å². The molecular formula is C16H19F2NO. The Balaban J connectivity index is 2.26. The second-order valence-electron chi connectivity index (χ2n) is 4.72. The van der Waals surface area contributed by atoms with Gasteiger partial charge in [0.25, 0.3) is 0 Å². The minimum Gasteiger partial charge on any atom is -0.459 e. The number of nitrogens with one attached hydrogen (secondary N) is 1. The van der Waals surface area contributed by atoms with Crippen LogP contribution in [0, 0.1) is 11.6 Å². The lowest BCUT2D eigenvalue weighted by atomic mass is 10.1. The molecule has 0 radical (unpaired) electrons. The monoisotopic (exact) mass is 279 g/mol. The average Bonchev–Trinajstić information content (AvgIpc) is 2.92. The van der Waals surface area contributed by atoms with Gasteiger partial charge in [-0.1, -0.05) is 19.9 Å². The summed E-state index contributed by atoms with van der Waals surface area (Å²) in [5.74, 6) is -0.632. The maximum absolute atomic E-state index is 13.7. The van der Waals surface area contributed by atoms with Gasteiger partial charge in [-0.05, 0) is 43.7 Å². The number of furan rings is 1. The molecule has 0 aliphatic carbocycles. The van der Waals surface area contributed by atoms with Crippen LogP contribution in [0.3, 0.4) is 0 Å². The zero-order valence-electron chi connectivity index (χ0n) is 11.7. The number of hydrogen-bond donors (Lipinski definition) is 1. The van der Waals surface area contributed by atoms with Crippen molar-refractivity contribution in [2.24, 2.45) is 0 Å². The highest BCUT2D eigenvalue weighted by Gasteiger charge is 2.16. The molecule has 108 valence electrons. The summed E-state index contributed by atoms with van der Waals surface area (Å²) in [7, 11) is 0. The lowest BCUT2D eigenvalue weighted by Crippen LogP contribution is -2.20. The Bertz CT molecular complexity index is 565. The molecule has 0 spiro atoms. The lowest BCUT2D eigenvalue weighted by Gasteiger charge is -2.13. The fourth-order valence-electron chi connectivity index (χ4n) is 2.14. The normalized spacial score (nSPS) is 12.6. The fraction of sp³-hybridized carbons (Fsp3) is 0.375. The van der Waals surface area contributed by atoms with Gasteiger partial charge in [-0.25, -0.2) is 8.78 Å². The summed E-state index contributed by atoms with van der Waals surface area (Å²) in [5.41, 5.74) is 0.154. The minimum absolute atomic E-state index is 0.0975. The molecule has 1 unspecified atom stereocenters. The molecule has 20 heavy (non-hydrogen) atoms. The van der Waals surface area contributed by atoms with Crippen LogP contribution < -0.4 is 5.32 Å². The summed E-state index contributed by atoms with van der Waals surface area (Å²) in [4.78, 5) is 0. The van der Waals surface area contributed by atoms with Crippen LogP contribution in [0.4, 0.5) is 8.78 Å². The van der Waals surface area contributed by atoms with Crippen LogP contribution >= 0.6 is 0 Å². The first-order valence-electron chi connectivity index (χ1n) is 6.94. The van der Waals surface area contributed by atoms with Crippen LogP contribution in [0.1, 0.15) is 38.5 Å². The molecule has 1 aromatic heterocycles. The molecule has 0 aliphatic rings. The third kappa shape index (κ3) is 3.07. The summed E-state index contributed by atoms with van der Waals surface area (Å²) in [6.45, 7) is 5.04. The van der Waals surface area contributed by atoms with Crippen LogP contribution in [0.25, 0.3) is 11.3 Å². The Hall–Kier alpha value is -1.68. The maximum atomic E-state index is 13.7. The van der Waals surface area contributed by atoms with Gasteiger partial charge in [-0.15, -0.1) is 0 Å². The van der Waals surface area contributed by atoms with Gasteiger partial charge in [0.15, 0.2) is 11.6 Å². The predicted molar refractivity (Wildman–Crippen MR) is 75.4 cm³/mol. The molecule has 0 amide bonds. The molecule has 1 N–H and O–H groups in total. The molecule has 1 atom stereocenters. The van der Waals surface area contributed by atoms with Crippen LogP contribution in [-0.4, -0.2) is 6.54 Å². The van der Waals surface area contributed by atoms with Gasteiger partial charge in [-0.2, -0.15) is 0 Å². The van der Waals surface area contributed by atoms with Crippen LogP contribution in [0.15, 0.2) is 34.7 Å². The number of hydrogen-bond acceptors (Lipinski definition) is 2. The van der Waals surface area contributed by atoms with E-state index in [2.05, 4.69) is 19.2 Å². The van der Waals surface area contributed by atoms with Crippen molar-refractivity contribution < 1.29 is 13.2 Å². The molecule has 0 saturated heterocycles. The second kappa shape index (κ2) is 6.66. The summed E-state index contributed by atoms with van der Waals surface area (Å²) < 4.78 is 32.7. The molecular weight excluding hydrogens is 260 g/mol. The van der Waals surface area contributed by atoms with Gasteiger partial charge in [-0.3, -0.25) is 0 Å². The van der Waals surface area contributed by atoms with E-state index in [0.29, 0.717) is 5.76 Å². The van der Waals surface area contributed by atoms with Crippen LogP contribution in [0.2, 0.25) is 0 Å². The first-order valence-corrected chi connectivity index (χ1v) is 6.94. The Morgan fingerprint density at radius 2 is 1.95 bits per heavy atom. The van der Waals surface area contributed by atoms with E-state index in [1.54, 1.807) is 6.07 Å². The standard InChI is InChI=1S/C16H19F2NO/c1-3-10-19-13(4-2)15-9-8-14(20-15)11-6-5-7-12(17)16(11)18/h5-9,13,19H,3-4,10H2,1-2H3. The molecule has 2 nitrogen and oxygen atoms in total. The quantitative estimate of drug-likeness (QED) is 0.830. The van der Waals surface area contributed by atoms with Gasteiger partial charge in [0.1, 0.15) is 11.5 Å². The predicted octanol–water partition coefficient (Wildman–Crippen LogP) is 4.68. The fourth-order valence-corrected chi connectivity index (χ4v) is 2.14. The lowest BCUT2D eigenvalue weighted by molar-refractivity contribution is 0.409. The Labute approximate surface area is 117 Å². The molecule has 0 aliphatic heterocycles. The smallest absolute Gasteiger partial charge is 0.169 e. The van der Waals surface area contributed by atoms with Gasteiger partial charge < -0.3 is 9.73 Å². The first-order chi connectivity index (χ1) is 9.67. The minimum atomic E-state index is -0.872. The van der Waals surface area contributed by atoms with Gasteiger partial charge in [0, 0.05) is 0 Å². The second-order valence-corrected chi connectivity index (χ2v) is 4.72. The molecule has 2 rings (SSSR count). The van der Waals surface area contributed by atoms with Crippen molar-refractivity contribution >= 4 is 0 Å². The summed E-state index contributed by atoms with van der Waals surface area (Å²) in [6, 6.07) is 7.69. The average molecular weight is 279 g/mol. The Kier molecular flexibility index (Phi) is 4.90. The molecule has 2 aromatic rings. The molecule has 1 aromatic carbocycles. The van der Waals surface area contributed by atoms with Crippen molar-refractivity contribution in [3.05, 3.63) is 47.7 Å². The van der Waals surface area contributed by atoms with Gasteiger partial charge >= 0.3 is 0 Å². The number of benzene rings is 1. The largest absolute Gasteiger partial charge is 0.459 e. The van der Waals surface area contributed by atoms with Crippen molar-refractivity contribution in [3.63, 3.8) is 0 Å². The van der Waals surface area contributed by atoms with E-state index in [-0.39, 0.29) is 11.6 Å². The van der Waals surface area contributed by atoms with Crippen molar-refractivity contribution in [2.75, 3.05) is 6.54 Å². The van der Waals surface area contributed by atoms with Gasteiger partial charge in [0.2, 0.25) is 0 Å². The van der Waals surface area contributed by atoms with Crippen LogP contribution in [-0.2, 0) is 0 Å². The Morgan fingerprint density at radius 1 is 1.15 bits per heavy atom. The molecule has 0 saturated carbocycles. The summed E-state index contributed by atoms with van der Waals surface area (Å²) in [6.07, 6.45) is 1.90. The highest BCUT2D eigenvalue weighted by Crippen LogP contribution is 2.29. The highest BCUT2D eigenvalue weighted by molar-refractivity contribution is 5.58. The number of halogens is 2. The van der Waals surface area contributed by atoms with Crippen LogP contribution in [0.5, 0.6) is 0 Å². The Morgan fingerprint density at radius 3 is 2.65 bits per heavy atom. The van der Waals surface area contributed by atoms with Gasteiger partial charge in [0.05, 0.1) is 11.6 Å². The SMILES string of the molecule is CCCNC(CC)c1ccc(-c2cccc(F)c2F)o1. The van der Waals surface area contributed by atoms with Crippen molar-refractivity contribution in [1.82, 2.24) is 5.32 Å². The van der Waals surface area contributed by atoms with E-state index >= 15 is 0 Å². The first kappa shape index (κ1) is 14.7. The molecule has 0 bridgehead atoms. The topological polar surface area (TPSA) is 25.2 Å². The van der Waals surface area contributed by atoms with E-state index in [1.165, 1.54) is 12.1 Å². The van der Waals surface area contributed by atoms with E-state index in [0.717, 1.165) is 31.2 Å². The third-order valence-electron chi connectivity index (χ3n) is 3.24.